The van der Waals surface area contributed by atoms with Crippen molar-refractivity contribution in [3.63, 3.8) is 0 Å². The maximum atomic E-state index is 12.0. The van der Waals surface area contributed by atoms with Crippen molar-refractivity contribution in [1.82, 2.24) is 0 Å². The van der Waals surface area contributed by atoms with Crippen LogP contribution in [0, 0.1) is 24.0 Å². The molecule has 0 spiro atoms. The molecule has 0 atom stereocenters. The number of methoxy groups -OCH3 is 1. The number of aryl methyl sites for hydroxylation is 2. The molecule has 0 aliphatic heterocycles. The Morgan fingerprint density at radius 2 is 1.83 bits per heavy atom. The summed E-state index contributed by atoms with van der Waals surface area (Å²) >= 11 is 0. The van der Waals surface area contributed by atoms with E-state index < -0.39 is 10.8 Å². The second-order valence-corrected chi connectivity index (χ2v) is 5.22. The predicted molar refractivity (Wildman–Crippen MR) is 89.7 cm³/mol. The van der Waals surface area contributed by atoms with Crippen LogP contribution < -0.4 is 14.8 Å². The Kier molecular flexibility index (Phi) is 5.36. The quantitative estimate of drug-likeness (QED) is 0.648. The molecule has 0 saturated carbocycles. The predicted octanol–water partition coefficient (Wildman–Crippen LogP) is 3.24. The Bertz CT molecular complexity index is 774. The second-order valence-electron chi connectivity index (χ2n) is 5.22. The van der Waals surface area contributed by atoms with Gasteiger partial charge in [-0.15, -0.1) is 0 Å². The maximum absolute atomic E-state index is 12.0. The molecule has 0 aliphatic carbocycles. The number of carbonyl (C=O) groups is 1. The highest BCUT2D eigenvalue weighted by Gasteiger charge is 2.17. The van der Waals surface area contributed by atoms with Crippen LogP contribution in [0.15, 0.2) is 36.4 Å². The van der Waals surface area contributed by atoms with Crippen molar-refractivity contribution in [3.8, 4) is 11.5 Å². The van der Waals surface area contributed by atoms with Gasteiger partial charge in [-0.05, 0) is 49.2 Å². The van der Waals surface area contributed by atoms with Gasteiger partial charge in [-0.3, -0.25) is 14.9 Å². The molecule has 0 unspecified atom stereocenters. The lowest BCUT2D eigenvalue weighted by Crippen LogP contribution is -2.20. The van der Waals surface area contributed by atoms with E-state index in [1.807, 2.05) is 26.0 Å². The number of benzene rings is 2. The van der Waals surface area contributed by atoms with Crippen molar-refractivity contribution in [3.05, 3.63) is 57.6 Å². The Morgan fingerprint density at radius 3 is 2.46 bits per heavy atom. The highest BCUT2D eigenvalue weighted by Crippen LogP contribution is 2.28. The normalized spacial score (nSPS) is 10.1. The highest BCUT2D eigenvalue weighted by molar-refractivity contribution is 5.94. The first-order valence-electron chi connectivity index (χ1n) is 7.23. The zero-order valence-corrected chi connectivity index (χ0v) is 13.7. The zero-order chi connectivity index (χ0) is 17.7. The van der Waals surface area contributed by atoms with Crippen LogP contribution >= 0.6 is 0 Å². The summed E-state index contributed by atoms with van der Waals surface area (Å²) in [6, 6.07) is 9.71. The summed E-state index contributed by atoms with van der Waals surface area (Å²) < 4.78 is 10.4. The van der Waals surface area contributed by atoms with Crippen molar-refractivity contribution in [2.24, 2.45) is 0 Å². The van der Waals surface area contributed by atoms with Crippen molar-refractivity contribution < 1.29 is 19.2 Å². The molecule has 0 aromatic heterocycles. The van der Waals surface area contributed by atoms with Gasteiger partial charge in [0.25, 0.3) is 11.6 Å². The molecule has 126 valence electrons. The molecule has 0 saturated heterocycles. The van der Waals surface area contributed by atoms with E-state index in [-0.39, 0.29) is 18.0 Å². The molecule has 0 fully saturated rings. The fourth-order valence-corrected chi connectivity index (χ4v) is 2.03. The number of rotatable bonds is 6. The number of nitro benzene ring substituents is 1. The standard InChI is InChI=1S/C17H18N2O5/c1-11-4-5-14(8-12(11)2)24-10-17(20)18-15-7-6-13(23-3)9-16(15)19(21)22/h4-9H,10H2,1-3H3,(H,18,20). The van der Waals surface area contributed by atoms with Gasteiger partial charge in [-0.25, -0.2) is 0 Å². The summed E-state index contributed by atoms with van der Waals surface area (Å²) in [7, 11) is 1.41. The molecule has 0 bridgehead atoms. The lowest BCUT2D eigenvalue weighted by molar-refractivity contribution is -0.384. The number of amides is 1. The Morgan fingerprint density at radius 1 is 1.12 bits per heavy atom. The van der Waals surface area contributed by atoms with Crippen LogP contribution in [0.1, 0.15) is 11.1 Å². The number of anilines is 1. The minimum Gasteiger partial charge on any atom is -0.496 e. The molecule has 24 heavy (non-hydrogen) atoms. The molecule has 0 heterocycles. The Balaban J connectivity index is 2.04. The van der Waals surface area contributed by atoms with Gasteiger partial charge >= 0.3 is 0 Å². The lowest BCUT2D eigenvalue weighted by atomic mass is 10.1. The molecular weight excluding hydrogens is 312 g/mol. The van der Waals surface area contributed by atoms with Gasteiger partial charge in [0.2, 0.25) is 0 Å². The van der Waals surface area contributed by atoms with E-state index in [1.165, 1.54) is 25.3 Å². The van der Waals surface area contributed by atoms with Gasteiger partial charge in [0, 0.05) is 0 Å². The first-order valence-corrected chi connectivity index (χ1v) is 7.23. The Labute approximate surface area is 139 Å². The number of nitrogens with one attached hydrogen (secondary N) is 1. The van der Waals surface area contributed by atoms with Gasteiger partial charge in [0.05, 0.1) is 18.1 Å². The molecule has 2 aromatic carbocycles. The van der Waals surface area contributed by atoms with Gasteiger partial charge in [-0.2, -0.15) is 0 Å². The summed E-state index contributed by atoms with van der Waals surface area (Å²) in [6.45, 7) is 3.68. The van der Waals surface area contributed by atoms with E-state index in [1.54, 1.807) is 6.07 Å². The molecule has 1 N–H and O–H groups in total. The van der Waals surface area contributed by atoms with E-state index in [0.29, 0.717) is 11.5 Å². The monoisotopic (exact) mass is 330 g/mol. The molecule has 2 aromatic rings. The van der Waals surface area contributed by atoms with Crippen molar-refractivity contribution in [1.29, 1.82) is 0 Å². The van der Waals surface area contributed by atoms with Crippen molar-refractivity contribution in [2.75, 3.05) is 19.0 Å². The zero-order valence-electron chi connectivity index (χ0n) is 13.7. The van der Waals surface area contributed by atoms with E-state index in [2.05, 4.69) is 5.32 Å². The summed E-state index contributed by atoms with van der Waals surface area (Å²) in [5.41, 5.74) is 2.03. The number of nitrogens with zero attached hydrogens (tertiary/aromatic N) is 1. The molecule has 2 rings (SSSR count). The number of hydrogen-bond acceptors (Lipinski definition) is 5. The van der Waals surface area contributed by atoms with Crippen LogP contribution in [-0.2, 0) is 4.79 Å². The first-order chi connectivity index (χ1) is 11.4. The van der Waals surface area contributed by atoms with Crippen LogP contribution in [0.2, 0.25) is 0 Å². The third-order valence-corrected chi connectivity index (χ3v) is 3.52. The SMILES string of the molecule is COc1ccc(NC(=O)COc2ccc(C)c(C)c2)c([N+](=O)[O-])c1. The van der Waals surface area contributed by atoms with Crippen molar-refractivity contribution in [2.45, 2.75) is 13.8 Å². The molecule has 0 radical (unpaired) electrons. The fourth-order valence-electron chi connectivity index (χ4n) is 2.03. The topological polar surface area (TPSA) is 90.7 Å². The van der Waals surface area contributed by atoms with Crippen LogP contribution in [0.4, 0.5) is 11.4 Å². The molecule has 7 heteroatoms. The largest absolute Gasteiger partial charge is 0.496 e. The second kappa shape index (κ2) is 7.45. The fraction of sp³-hybridized carbons (Fsp3) is 0.235. The van der Waals surface area contributed by atoms with Crippen LogP contribution in [-0.4, -0.2) is 24.5 Å². The molecular formula is C17H18N2O5. The van der Waals surface area contributed by atoms with Gasteiger partial charge in [0.15, 0.2) is 6.61 Å². The summed E-state index contributed by atoms with van der Waals surface area (Å²) in [5, 5.41) is 13.6. The minimum atomic E-state index is -0.581. The lowest BCUT2D eigenvalue weighted by Gasteiger charge is -2.10. The number of carbonyl (C=O) groups excluding carboxylic acids is 1. The number of hydrogen-bond donors (Lipinski definition) is 1. The van der Waals surface area contributed by atoms with Crippen LogP contribution in [0.5, 0.6) is 11.5 Å². The highest BCUT2D eigenvalue weighted by atomic mass is 16.6. The number of ether oxygens (including phenoxy) is 2. The van der Waals surface area contributed by atoms with Crippen molar-refractivity contribution >= 4 is 17.3 Å². The van der Waals surface area contributed by atoms with Crippen LogP contribution in [0.25, 0.3) is 0 Å². The summed E-state index contributed by atoms with van der Waals surface area (Å²) in [6.07, 6.45) is 0. The maximum Gasteiger partial charge on any atom is 0.296 e. The van der Waals surface area contributed by atoms with Gasteiger partial charge < -0.3 is 14.8 Å². The van der Waals surface area contributed by atoms with E-state index in [4.69, 9.17) is 9.47 Å². The average Bonchev–Trinajstić information content (AvgIpc) is 2.56. The van der Waals surface area contributed by atoms with E-state index >= 15 is 0 Å². The van der Waals surface area contributed by atoms with Crippen LogP contribution in [0.3, 0.4) is 0 Å². The third kappa shape index (κ3) is 4.22. The molecule has 0 aliphatic rings. The third-order valence-electron chi connectivity index (χ3n) is 3.52. The van der Waals surface area contributed by atoms with Gasteiger partial charge in [-0.1, -0.05) is 6.07 Å². The molecule has 7 nitrogen and oxygen atoms in total. The Hall–Kier alpha value is -3.09. The number of nitro groups is 1. The van der Waals surface area contributed by atoms with E-state index in [9.17, 15) is 14.9 Å². The summed E-state index contributed by atoms with van der Waals surface area (Å²) in [4.78, 5) is 22.5. The smallest absolute Gasteiger partial charge is 0.296 e. The molecule has 1 amide bonds. The first kappa shape index (κ1) is 17.3. The minimum absolute atomic E-state index is 0.0921. The average molecular weight is 330 g/mol. The summed E-state index contributed by atoms with van der Waals surface area (Å²) in [5.74, 6) is 0.421. The van der Waals surface area contributed by atoms with E-state index in [0.717, 1.165) is 11.1 Å². The van der Waals surface area contributed by atoms with Gasteiger partial charge in [0.1, 0.15) is 17.2 Å².